The third-order valence-electron chi connectivity index (χ3n) is 11.8. The normalized spacial score (nSPS) is 15.7. The summed E-state index contributed by atoms with van der Waals surface area (Å²) < 4.78 is 13.3. The van der Waals surface area contributed by atoms with Crippen molar-refractivity contribution in [2.75, 3.05) is 0 Å². The first-order valence-corrected chi connectivity index (χ1v) is 18.6. The molecule has 254 valence electrons. The molecule has 0 aromatic heterocycles. The molecule has 1 aliphatic heterocycles. The molecular weight excluding hydrogens is 631 g/mol. The zero-order valence-corrected chi connectivity index (χ0v) is 30.7. The Morgan fingerprint density at radius 2 is 1.17 bits per heavy atom. The molecule has 0 saturated carbocycles. The van der Waals surface area contributed by atoms with Crippen LogP contribution in [-0.2, 0) is 22.2 Å². The molecule has 0 unspecified atom stereocenters. The molecule has 0 amide bonds. The van der Waals surface area contributed by atoms with Crippen LogP contribution in [0.3, 0.4) is 0 Å². The van der Waals surface area contributed by atoms with Gasteiger partial charge in [-0.3, -0.25) is 0 Å². The summed E-state index contributed by atoms with van der Waals surface area (Å²) in [6.45, 7) is 14.8. The molecule has 0 spiro atoms. The summed E-state index contributed by atoms with van der Waals surface area (Å²) in [5, 5.41) is 7.64. The molecule has 1 saturated heterocycles. The van der Waals surface area contributed by atoms with Gasteiger partial charge in [0.15, 0.2) is 0 Å². The molecule has 1 fully saturated rings. The van der Waals surface area contributed by atoms with E-state index in [1.807, 2.05) is 6.08 Å². The van der Waals surface area contributed by atoms with Crippen molar-refractivity contribution in [3.8, 4) is 44.5 Å². The van der Waals surface area contributed by atoms with Crippen molar-refractivity contribution in [2.24, 2.45) is 0 Å². The standard InChI is InChI=1S/C49H43BO2/c1-7-9-19-34-30-39-42(32-20-12-10-13-21-32)46-38-28-29-40(50-51-48(3,4)49(5,6)52-50)35-25-17-27-37(44(35)38)47(46)43(33-22-14-11-15-23-33)45(39)36-26-16-24-31(18-8-2)41(34)36/h7-17,20-30H,2,18-19H2,1,3-6H3/b9-7-. The summed E-state index contributed by atoms with van der Waals surface area (Å²) in [5.74, 6) is 0. The van der Waals surface area contributed by atoms with Gasteiger partial charge >= 0.3 is 7.12 Å². The molecule has 7 aromatic rings. The van der Waals surface area contributed by atoms with Crippen molar-refractivity contribution >= 4 is 44.9 Å². The summed E-state index contributed by atoms with van der Waals surface area (Å²) in [5.41, 5.74) is 13.0. The molecule has 0 atom stereocenters. The fourth-order valence-corrected chi connectivity index (χ4v) is 8.72. The first-order chi connectivity index (χ1) is 25.2. The average molecular weight is 675 g/mol. The van der Waals surface area contributed by atoms with Gasteiger partial charge in [-0.15, -0.1) is 6.58 Å². The van der Waals surface area contributed by atoms with Crippen LogP contribution in [-0.4, -0.2) is 18.3 Å². The lowest BCUT2D eigenvalue weighted by molar-refractivity contribution is 0.00578. The Morgan fingerprint density at radius 1 is 0.558 bits per heavy atom. The molecule has 1 heterocycles. The third-order valence-corrected chi connectivity index (χ3v) is 11.8. The highest BCUT2D eigenvalue weighted by atomic mass is 16.7. The monoisotopic (exact) mass is 674 g/mol. The Morgan fingerprint density at radius 3 is 1.85 bits per heavy atom. The lowest BCUT2D eigenvalue weighted by Gasteiger charge is -2.32. The molecule has 9 rings (SSSR count). The fraction of sp³-hybridized carbons (Fsp3) is 0.184. The molecule has 1 aliphatic carbocycles. The first-order valence-electron chi connectivity index (χ1n) is 18.6. The van der Waals surface area contributed by atoms with Crippen LogP contribution in [0.4, 0.5) is 0 Å². The first kappa shape index (κ1) is 32.7. The molecule has 2 nitrogen and oxygen atoms in total. The number of benzene rings is 7. The van der Waals surface area contributed by atoms with Crippen molar-refractivity contribution in [1.29, 1.82) is 0 Å². The summed E-state index contributed by atoms with van der Waals surface area (Å²) >= 11 is 0. The molecular formula is C49H43BO2. The lowest BCUT2D eigenvalue weighted by Crippen LogP contribution is -2.41. The van der Waals surface area contributed by atoms with E-state index in [0.717, 1.165) is 18.3 Å². The molecule has 2 aliphatic rings. The second kappa shape index (κ2) is 12.2. The van der Waals surface area contributed by atoms with Crippen molar-refractivity contribution in [1.82, 2.24) is 0 Å². The molecule has 0 N–H and O–H groups in total. The highest BCUT2D eigenvalue weighted by molar-refractivity contribution is 6.65. The Kier molecular flexibility index (Phi) is 7.66. The lowest BCUT2D eigenvalue weighted by atomic mass is 9.75. The summed E-state index contributed by atoms with van der Waals surface area (Å²) in [7, 11) is -0.458. The van der Waals surface area contributed by atoms with E-state index < -0.39 is 18.3 Å². The number of rotatable bonds is 7. The maximum absolute atomic E-state index is 6.67. The minimum Gasteiger partial charge on any atom is -0.399 e. The van der Waals surface area contributed by atoms with Crippen molar-refractivity contribution in [3.63, 3.8) is 0 Å². The van der Waals surface area contributed by atoms with E-state index in [0.29, 0.717) is 0 Å². The zero-order valence-electron chi connectivity index (χ0n) is 30.7. The molecule has 52 heavy (non-hydrogen) atoms. The van der Waals surface area contributed by atoms with Gasteiger partial charge in [0.05, 0.1) is 11.2 Å². The molecule has 7 aromatic carbocycles. The second-order valence-corrected chi connectivity index (χ2v) is 15.3. The van der Waals surface area contributed by atoms with Crippen LogP contribution in [0.1, 0.15) is 45.7 Å². The minimum absolute atomic E-state index is 0.432. The summed E-state index contributed by atoms with van der Waals surface area (Å²) in [6, 6.07) is 42.7. The van der Waals surface area contributed by atoms with Gasteiger partial charge in [-0.25, -0.2) is 0 Å². The number of hydrogen-bond acceptors (Lipinski definition) is 2. The van der Waals surface area contributed by atoms with Gasteiger partial charge in [0.25, 0.3) is 0 Å². The minimum atomic E-state index is -0.458. The van der Waals surface area contributed by atoms with E-state index >= 15 is 0 Å². The Balaban J connectivity index is 1.48. The summed E-state index contributed by atoms with van der Waals surface area (Å²) in [4.78, 5) is 0. The van der Waals surface area contributed by atoms with E-state index in [2.05, 4.69) is 169 Å². The maximum atomic E-state index is 6.67. The van der Waals surface area contributed by atoms with Crippen LogP contribution >= 0.6 is 0 Å². The van der Waals surface area contributed by atoms with E-state index in [9.17, 15) is 0 Å². The Bertz CT molecular complexity index is 2580. The Labute approximate surface area is 307 Å². The van der Waals surface area contributed by atoms with Crippen molar-refractivity contribution in [2.45, 2.75) is 58.7 Å². The molecule has 0 bridgehead atoms. The van der Waals surface area contributed by atoms with E-state index in [1.54, 1.807) is 0 Å². The van der Waals surface area contributed by atoms with Gasteiger partial charge in [0.2, 0.25) is 0 Å². The number of hydrogen-bond donors (Lipinski definition) is 0. The van der Waals surface area contributed by atoms with Crippen LogP contribution in [0.2, 0.25) is 0 Å². The molecule has 0 radical (unpaired) electrons. The van der Waals surface area contributed by atoms with Gasteiger partial charge in [-0.2, -0.15) is 0 Å². The second-order valence-electron chi connectivity index (χ2n) is 15.3. The van der Waals surface area contributed by atoms with Gasteiger partial charge in [0.1, 0.15) is 0 Å². The highest BCUT2D eigenvalue weighted by Crippen LogP contribution is 2.59. The predicted molar refractivity (Wildman–Crippen MR) is 222 cm³/mol. The zero-order chi connectivity index (χ0) is 35.8. The highest BCUT2D eigenvalue weighted by Gasteiger charge is 2.52. The topological polar surface area (TPSA) is 18.5 Å². The van der Waals surface area contributed by atoms with Crippen LogP contribution in [0, 0.1) is 0 Å². The number of fused-ring (bicyclic) bond motifs is 6. The number of allylic oxidation sites excluding steroid dienone is 3. The fourth-order valence-electron chi connectivity index (χ4n) is 8.72. The predicted octanol–water partition coefficient (Wildman–Crippen LogP) is 12.3. The van der Waals surface area contributed by atoms with Gasteiger partial charge < -0.3 is 9.31 Å². The third kappa shape index (κ3) is 4.80. The smallest absolute Gasteiger partial charge is 0.399 e. The van der Waals surface area contributed by atoms with Gasteiger partial charge in [0, 0.05) is 0 Å². The van der Waals surface area contributed by atoms with Crippen LogP contribution in [0.25, 0.3) is 76.8 Å². The largest absolute Gasteiger partial charge is 0.495 e. The average Bonchev–Trinajstić information content (AvgIpc) is 3.59. The SMILES string of the molecule is C=CCc1cccc2c1c(C/C=C\C)cc1c(-c3ccccc3)c3c(c(-c4ccccc4)c12)-c1cccc2c(B4OC(C)(C)C(C)(C)O4)ccc-3c12. The summed E-state index contributed by atoms with van der Waals surface area (Å²) in [6.07, 6.45) is 8.15. The van der Waals surface area contributed by atoms with Gasteiger partial charge in [-0.1, -0.05) is 127 Å². The van der Waals surface area contributed by atoms with Crippen LogP contribution in [0.15, 0.2) is 140 Å². The van der Waals surface area contributed by atoms with Gasteiger partial charge in [-0.05, 0) is 147 Å². The maximum Gasteiger partial charge on any atom is 0.495 e. The van der Waals surface area contributed by atoms with Crippen LogP contribution < -0.4 is 5.46 Å². The quantitative estimate of drug-likeness (QED) is 0.0952. The Hall–Kier alpha value is -5.22. The van der Waals surface area contributed by atoms with Crippen molar-refractivity contribution in [3.05, 3.63) is 151 Å². The molecule has 3 heteroatoms. The van der Waals surface area contributed by atoms with Crippen molar-refractivity contribution < 1.29 is 9.31 Å². The van der Waals surface area contributed by atoms with Crippen LogP contribution in [0.5, 0.6) is 0 Å². The van der Waals surface area contributed by atoms with E-state index in [4.69, 9.17) is 9.31 Å². The van der Waals surface area contributed by atoms with E-state index in [-0.39, 0.29) is 0 Å². The van der Waals surface area contributed by atoms with E-state index in [1.165, 1.54) is 88.0 Å².